The van der Waals surface area contributed by atoms with Crippen LogP contribution >= 0.6 is 0 Å². The van der Waals surface area contributed by atoms with Crippen molar-refractivity contribution in [3.8, 4) is 5.75 Å². The van der Waals surface area contributed by atoms with E-state index < -0.39 is 14.1 Å². The number of halogens is 1. The molecule has 2 nitrogen and oxygen atoms in total. The molecule has 0 saturated carbocycles. The van der Waals surface area contributed by atoms with E-state index in [0.29, 0.717) is 11.3 Å². The summed E-state index contributed by atoms with van der Waals surface area (Å²) in [7, 11) is -2.12. The molecule has 0 aliphatic carbocycles. The number of benzene rings is 2. The Morgan fingerprint density at radius 2 is 1.65 bits per heavy atom. The molecule has 2 aromatic carbocycles. The fraction of sp³-hybridized carbons (Fsp3) is 0.316. The van der Waals surface area contributed by atoms with Gasteiger partial charge in [-0.15, -0.1) is 0 Å². The maximum atomic E-state index is 13.7. The number of hydrogen-bond donors (Lipinski definition) is 0. The van der Waals surface area contributed by atoms with Crippen LogP contribution < -0.4 is 4.43 Å². The predicted octanol–water partition coefficient (Wildman–Crippen LogP) is 5.44. The van der Waals surface area contributed by atoms with Gasteiger partial charge in [0.2, 0.25) is 0 Å². The highest BCUT2D eigenvalue weighted by Crippen LogP contribution is 2.38. The van der Waals surface area contributed by atoms with Crippen molar-refractivity contribution in [3.63, 3.8) is 0 Å². The lowest BCUT2D eigenvalue weighted by Gasteiger charge is -2.37. The van der Waals surface area contributed by atoms with E-state index in [1.54, 1.807) is 30.3 Å². The van der Waals surface area contributed by atoms with E-state index in [1.165, 1.54) is 12.1 Å². The highest BCUT2D eigenvalue weighted by atomic mass is 28.4. The van der Waals surface area contributed by atoms with Crippen LogP contribution in [0.3, 0.4) is 0 Å². The zero-order valence-electron chi connectivity index (χ0n) is 14.3. The number of rotatable bonds is 4. The fourth-order valence-electron chi connectivity index (χ4n) is 1.94. The Hall–Kier alpha value is -1.94. The van der Waals surface area contributed by atoms with Crippen molar-refractivity contribution in [2.24, 2.45) is 0 Å². The van der Waals surface area contributed by atoms with Crippen LogP contribution in [0.2, 0.25) is 18.1 Å². The van der Waals surface area contributed by atoms with Gasteiger partial charge in [0.1, 0.15) is 11.6 Å². The second-order valence-corrected chi connectivity index (χ2v) is 11.9. The summed E-state index contributed by atoms with van der Waals surface area (Å²) in [5.41, 5.74) is 0.805. The Bertz CT molecular complexity index is 703. The summed E-state index contributed by atoms with van der Waals surface area (Å²) in [4.78, 5) is 12.7. The van der Waals surface area contributed by atoms with E-state index in [1.807, 2.05) is 6.07 Å². The van der Waals surface area contributed by atoms with Crippen molar-refractivity contribution in [2.75, 3.05) is 0 Å². The Kier molecular flexibility index (Phi) is 4.75. The molecule has 4 heteroatoms. The SMILES string of the molecule is CC(C)(C)[Si](C)(C)Oc1ccc(F)cc1C(=O)c1ccccc1. The molecule has 0 unspecified atom stereocenters. The zero-order chi connectivity index (χ0) is 17.3. The minimum atomic E-state index is -2.12. The average molecular weight is 330 g/mol. The minimum absolute atomic E-state index is 0.00551. The Balaban J connectivity index is 2.45. The van der Waals surface area contributed by atoms with Gasteiger partial charge in [-0.3, -0.25) is 4.79 Å². The molecule has 2 rings (SSSR count). The van der Waals surface area contributed by atoms with Gasteiger partial charge in [-0.25, -0.2) is 4.39 Å². The maximum absolute atomic E-state index is 13.7. The van der Waals surface area contributed by atoms with Gasteiger partial charge in [0.15, 0.2) is 5.78 Å². The molecule has 122 valence electrons. The maximum Gasteiger partial charge on any atom is 0.250 e. The number of hydrogen-bond acceptors (Lipinski definition) is 2. The summed E-state index contributed by atoms with van der Waals surface area (Å²) in [6, 6.07) is 13.0. The smallest absolute Gasteiger partial charge is 0.250 e. The molecular weight excluding hydrogens is 307 g/mol. The lowest BCUT2D eigenvalue weighted by molar-refractivity contribution is 0.103. The average Bonchev–Trinajstić information content (AvgIpc) is 2.48. The molecule has 0 heterocycles. The van der Waals surface area contributed by atoms with Crippen LogP contribution in [-0.4, -0.2) is 14.1 Å². The van der Waals surface area contributed by atoms with E-state index in [-0.39, 0.29) is 16.4 Å². The van der Waals surface area contributed by atoms with Gasteiger partial charge in [-0.05, 0) is 36.3 Å². The van der Waals surface area contributed by atoms with E-state index in [9.17, 15) is 9.18 Å². The Labute approximate surface area is 138 Å². The molecule has 0 fully saturated rings. The molecular formula is C19H23FO2Si. The lowest BCUT2D eigenvalue weighted by Crippen LogP contribution is -2.44. The molecule has 0 N–H and O–H groups in total. The molecule has 0 aromatic heterocycles. The summed E-state index contributed by atoms with van der Waals surface area (Å²) in [5, 5.41) is -0.00551. The van der Waals surface area contributed by atoms with E-state index in [0.717, 1.165) is 0 Å². The molecule has 23 heavy (non-hydrogen) atoms. The predicted molar refractivity (Wildman–Crippen MR) is 94.1 cm³/mol. The zero-order valence-corrected chi connectivity index (χ0v) is 15.3. The Morgan fingerprint density at radius 3 is 2.22 bits per heavy atom. The van der Waals surface area contributed by atoms with Crippen LogP contribution in [0, 0.1) is 5.82 Å². The van der Waals surface area contributed by atoms with Crippen molar-refractivity contribution in [2.45, 2.75) is 38.9 Å². The fourth-order valence-corrected chi connectivity index (χ4v) is 2.98. The van der Waals surface area contributed by atoms with Crippen LogP contribution in [0.1, 0.15) is 36.7 Å². The first-order chi connectivity index (χ1) is 10.6. The minimum Gasteiger partial charge on any atom is -0.543 e. The quantitative estimate of drug-likeness (QED) is 0.551. The number of carbonyl (C=O) groups is 1. The molecule has 2 aromatic rings. The molecule has 0 aliphatic rings. The Morgan fingerprint density at radius 1 is 1.04 bits per heavy atom. The van der Waals surface area contributed by atoms with Gasteiger partial charge in [0, 0.05) is 5.56 Å². The van der Waals surface area contributed by atoms with E-state index in [4.69, 9.17) is 4.43 Å². The highest BCUT2D eigenvalue weighted by Gasteiger charge is 2.39. The van der Waals surface area contributed by atoms with Crippen LogP contribution in [0.15, 0.2) is 48.5 Å². The van der Waals surface area contributed by atoms with Gasteiger partial charge in [0.05, 0.1) is 5.56 Å². The molecule has 0 atom stereocenters. The number of ketones is 1. The summed E-state index contributed by atoms with van der Waals surface area (Å²) >= 11 is 0. The van der Waals surface area contributed by atoms with E-state index in [2.05, 4.69) is 33.9 Å². The first-order valence-electron chi connectivity index (χ1n) is 7.70. The summed E-state index contributed by atoms with van der Waals surface area (Å²) in [6.45, 7) is 10.6. The largest absolute Gasteiger partial charge is 0.543 e. The molecule has 0 aliphatic heterocycles. The van der Waals surface area contributed by atoms with Gasteiger partial charge in [-0.2, -0.15) is 0 Å². The van der Waals surface area contributed by atoms with Gasteiger partial charge in [-0.1, -0.05) is 51.1 Å². The van der Waals surface area contributed by atoms with Gasteiger partial charge < -0.3 is 4.43 Å². The third kappa shape index (κ3) is 3.88. The first-order valence-corrected chi connectivity index (χ1v) is 10.6. The van der Waals surface area contributed by atoms with Crippen LogP contribution in [0.25, 0.3) is 0 Å². The van der Waals surface area contributed by atoms with Crippen LogP contribution in [0.4, 0.5) is 4.39 Å². The molecule has 0 radical (unpaired) electrons. The number of carbonyl (C=O) groups excluding carboxylic acids is 1. The van der Waals surface area contributed by atoms with Gasteiger partial charge >= 0.3 is 0 Å². The first kappa shape index (κ1) is 17.4. The van der Waals surface area contributed by atoms with Crippen molar-refractivity contribution in [1.29, 1.82) is 0 Å². The third-order valence-corrected chi connectivity index (χ3v) is 8.74. The molecule has 0 saturated heterocycles. The van der Waals surface area contributed by atoms with Crippen LogP contribution in [0.5, 0.6) is 5.75 Å². The molecule has 0 bridgehead atoms. The highest BCUT2D eigenvalue weighted by molar-refractivity contribution is 6.74. The van der Waals surface area contributed by atoms with Crippen LogP contribution in [-0.2, 0) is 0 Å². The normalized spacial score (nSPS) is 12.1. The van der Waals surface area contributed by atoms with Crippen molar-refractivity contribution >= 4 is 14.1 Å². The van der Waals surface area contributed by atoms with Gasteiger partial charge in [0.25, 0.3) is 8.32 Å². The van der Waals surface area contributed by atoms with Crippen molar-refractivity contribution in [1.82, 2.24) is 0 Å². The monoisotopic (exact) mass is 330 g/mol. The summed E-state index contributed by atoms with van der Waals surface area (Å²) in [6.07, 6.45) is 0. The standard InChI is InChI=1S/C19H23FO2Si/c1-19(2,3)23(4,5)22-17-12-11-15(20)13-16(17)18(21)14-9-7-6-8-10-14/h6-13H,1-5H3. The summed E-state index contributed by atoms with van der Waals surface area (Å²) in [5.74, 6) is -0.197. The third-order valence-electron chi connectivity index (χ3n) is 4.39. The molecule has 0 amide bonds. The summed E-state index contributed by atoms with van der Waals surface area (Å²) < 4.78 is 19.9. The van der Waals surface area contributed by atoms with Crippen molar-refractivity contribution < 1.29 is 13.6 Å². The second-order valence-electron chi connectivity index (χ2n) is 7.20. The molecule has 0 spiro atoms. The second kappa shape index (κ2) is 6.28. The van der Waals surface area contributed by atoms with E-state index >= 15 is 0 Å². The lowest BCUT2D eigenvalue weighted by atomic mass is 10.0. The topological polar surface area (TPSA) is 26.3 Å². The van der Waals surface area contributed by atoms with Crippen molar-refractivity contribution in [3.05, 3.63) is 65.5 Å².